The topological polar surface area (TPSA) is 39.4 Å². The lowest BCUT2D eigenvalue weighted by molar-refractivity contribution is -0.137. The van der Waals surface area contributed by atoms with Gasteiger partial charge in [-0.15, -0.1) is 0 Å². The van der Waals surface area contributed by atoms with E-state index in [1.165, 1.54) is 6.08 Å². The van der Waals surface area contributed by atoms with E-state index < -0.39 is 0 Å². The predicted octanol–water partition coefficient (Wildman–Crippen LogP) is 2.16. The molecule has 0 aromatic carbocycles. The van der Waals surface area contributed by atoms with Crippen molar-refractivity contribution in [1.82, 2.24) is 0 Å². The number of carbonyl (C=O) groups is 1. The summed E-state index contributed by atoms with van der Waals surface area (Å²) in [7, 11) is 0. The maximum Gasteiger partial charge on any atom is 0.330 e. The van der Waals surface area contributed by atoms with Crippen LogP contribution in [0.15, 0.2) is 22.8 Å². The van der Waals surface area contributed by atoms with E-state index in [4.69, 9.17) is 9.15 Å². The molecule has 1 heterocycles. The Hall–Kier alpha value is -1.51. The highest BCUT2D eigenvalue weighted by Crippen LogP contribution is 2.07. The molecule has 1 rings (SSSR count). The van der Waals surface area contributed by atoms with Crippen LogP contribution in [-0.4, -0.2) is 12.6 Å². The van der Waals surface area contributed by atoms with Crippen LogP contribution in [0.25, 0.3) is 6.08 Å². The number of hydrogen-bond acceptors (Lipinski definition) is 3. The first-order valence-corrected chi connectivity index (χ1v) is 4.12. The van der Waals surface area contributed by atoms with Crippen molar-refractivity contribution in [2.75, 3.05) is 6.61 Å². The summed E-state index contributed by atoms with van der Waals surface area (Å²) >= 11 is 0. The van der Waals surface area contributed by atoms with Crippen LogP contribution < -0.4 is 0 Å². The number of ether oxygens (including phenoxy) is 1. The Morgan fingerprint density at radius 2 is 2.46 bits per heavy atom. The summed E-state index contributed by atoms with van der Waals surface area (Å²) < 4.78 is 9.77. The highest BCUT2D eigenvalue weighted by atomic mass is 16.5. The molecule has 0 N–H and O–H groups in total. The van der Waals surface area contributed by atoms with Crippen molar-refractivity contribution in [1.29, 1.82) is 0 Å². The Kier molecular flexibility index (Phi) is 3.31. The van der Waals surface area contributed by atoms with Gasteiger partial charge in [-0.2, -0.15) is 0 Å². The second-order valence-electron chi connectivity index (χ2n) is 2.58. The van der Waals surface area contributed by atoms with E-state index >= 15 is 0 Å². The van der Waals surface area contributed by atoms with E-state index in [9.17, 15) is 4.79 Å². The second-order valence-corrected chi connectivity index (χ2v) is 2.58. The molecule has 0 saturated carbocycles. The average Bonchev–Trinajstić information content (AvgIpc) is 2.49. The average molecular weight is 180 g/mol. The SMILES string of the molecule is CCOC(=O)/C=C/c1coc(C)c1. The van der Waals surface area contributed by atoms with Crippen LogP contribution in [-0.2, 0) is 9.53 Å². The van der Waals surface area contributed by atoms with Crippen molar-refractivity contribution in [3.8, 4) is 0 Å². The smallest absolute Gasteiger partial charge is 0.330 e. The van der Waals surface area contributed by atoms with E-state index in [0.717, 1.165) is 11.3 Å². The molecule has 0 spiro atoms. The van der Waals surface area contributed by atoms with Crippen molar-refractivity contribution in [3.05, 3.63) is 29.7 Å². The molecule has 0 radical (unpaired) electrons. The third-order valence-electron chi connectivity index (χ3n) is 1.45. The van der Waals surface area contributed by atoms with Gasteiger partial charge in [0.25, 0.3) is 0 Å². The van der Waals surface area contributed by atoms with Crippen molar-refractivity contribution in [3.63, 3.8) is 0 Å². The standard InChI is InChI=1S/C10H12O3/c1-3-12-10(11)5-4-9-6-8(2)13-7-9/h4-7H,3H2,1-2H3/b5-4+. The van der Waals surface area contributed by atoms with Gasteiger partial charge in [0.1, 0.15) is 5.76 Å². The zero-order valence-corrected chi connectivity index (χ0v) is 7.74. The Morgan fingerprint density at radius 1 is 1.69 bits per heavy atom. The quantitative estimate of drug-likeness (QED) is 0.528. The van der Waals surface area contributed by atoms with E-state index in [0.29, 0.717) is 6.61 Å². The molecule has 1 aromatic heterocycles. The summed E-state index contributed by atoms with van der Waals surface area (Å²) in [4.78, 5) is 10.9. The summed E-state index contributed by atoms with van der Waals surface area (Å²) in [6.07, 6.45) is 4.63. The molecule has 0 fully saturated rings. The third kappa shape index (κ3) is 3.15. The minimum absolute atomic E-state index is 0.332. The zero-order valence-electron chi connectivity index (χ0n) is 7.74. The molecule has 70 valence electrons. The van der Waals surface area contributed by atoms with Crippen LogP contribution in [0.3, 0.4) is 0 Å². The molecule has 0 aliphatic carbocycles. The molecular formula is C10H12O3. The maximum atomic E-state index is 10.9. The molecule has 0 atom stereocenters. The minimum atomic E-state index is -0.332. The molecule has 0 bridgehead atoms. The minimum Gasteiger partial charge on any atom is -0.469 e. The van der Waals surface area contributed by atoms with Gasteiger partial charge in [-0.3, -0.25) is 0 Å². The fourth-order valence-corrected chi connectivity index (χ4v) is 0.906. The first kappa shape index (κ1) is 9.58. The fourth-order valence-electron chi connectivity index (χ4n) is 0.906. The summed E-state index contributed by atoms with van der Waals surface area (Å²) in [6, 6.07) is 1.84. The monoisotopic (exact) mass is 180 g/mol. The van der Waals surface area contributed by atoms with Crippen LogP contribution in [0.2, 0.25) is 0 Å². The van der Waals surface area contributed by atoms with Gasteiger partial charge in [-0.1, -0.05) is 0 Å². The number of aryl methyl sites for hydroxylation is 1. The van der Waals surface area contributed by atoms with Crippen LogP contribution >= 0.6 is 0 Å². The Morgan fingerprint density at radius 3 is 3.00 bits per heavy atom. The Bertz CT molecular complexity index is 310. The van der Waals surface area contributed by atoms with Gasteiger partial charge in [0, 0.05) is 11.6 Å². The van der Waals surface area contributed by atoms with Crippen molar-refractivity contribution in [2.24, 2.45) is 0 Å². The lowest BCUT2D eigenvalue weighted by Crippen LogP contribution is -1.98. The van der Waals surface area contributed by atoms with Crippen LogP contribution in [0, 0.1) is 6.92 Å². The fraction of sp³-hybridized carbons (Fsp3) is 0.300. The first-order chi connectivity index (χ1) is 6.22. The van der Waals surface area contributed by atoms with E-state index in [2.05, 4.69) is 0 Å². The maximum absolute atomic E-state index is 10.9. The lowest BCUT2D eigenvalue weighted by Gasteiger charge is -1.92. The van der Waals surface area contributed by atoms with Gasteiger partial charge < -0.3 is 9.15 Å². The lowest BCUT2D eigenvalue weighted by atomic mass is 10.3. The van der Waals surface area contributed by atoms with Crippen LogP contribution in [0.5, 0.6) is 0 Å². The van der Waals surface area contributed by atoms with Gasteiger partial charge in [0.15, 0.2) is 0 Å². The van der Waals surface area contributed by atoms with Crippen LogP contribution in [0.4, 0.5) is 0 Å². The van der Waals surface area contributed by atoms with E-state index in [1.807, 2.05) is 13.0 Å². The molecule has 1 aromatic rings. The Balaban J connectivity index is 2.53. The number of furan rings is 1. The van der Waals surface area contributed by atoms with Gasteiger partial charge in [-0.05, 0) is 26.0 Å². The van der Waals surface area contributed by atoms with Crippen molar-refractivity contribution in [2.45, 2.75) is 13.8 Å². The van der Waals surface area contributed by atoms with Crippen molar-refractivity contribution < 1.29 is 13.9 Å². The van der Waals surface area contributed by atoms with Crippen molar-refractivity contribution >= 4 is 12.0 Å². The molecule has 13 heavy (non-hydrogen) atoms. The summed E-state index contributed by atoms with van der Waals surface area (Å²) in [5, 5.41) is 0. The highest BCUT2D eigenvalue weighted by molar-refractivity contribution is 5.86. The highest BCUT2D eigenvalue weighted by Gasteiger charge is 1.95. The first-order valence-electron chi connectivity index (χ1n) is 4.12. The van der Waals surface area contributed by atoms with Gasteiger partial charge in [-0.25, -0.2) is 4.79 Å². The largest absolute Gasteiger partial charge is 0.469 e. The molecule has 0 unspecified atom stereocenters. The molecule has 3 heteroatoms. The molecule has 0 amide bonds. The van der Waals surface area contributed by atoms with E-state index in [-0.39, 0.29) is 5.97 Å². The van der Waals surface area contributed by atoms with E-state index in [1.54, 1.807) is 19.3 Å². The molecule has 0 saturated heterocycles. The molecule has 0 aliphatic rings. The number of rotatable bonds is 3. The second kappa shape index (κ2) is 4.50. The summed E-state index contributed by atoms with van der Waals surface area (Å²) in [5.41, 5.74) is 0.866. The van der Waals surface area contributed by atoms with Gasteiger partial charge in [0.05, 0.1) is 12.9 Å². The third-order valence-corrected chi connectivity index (χ3v) is 1.45. The molecular weight excluding hydrogens is 168 g/mol. The molecule has 3 nitrogen and oxygen atoms in total. The zero-order chi connectivity index (χ0) is 9.68. The normalized spacial score (nSPS) is 10.6. The predicted molar refractivity (Wildman–Crippen MR) is 49.1 cm³/mol. The number of hydrogen-bond donors (Lipinski definition) is 0. The summed E-state index contributed by atoms with van der Waals surface area (Å²) in [6.45, 7) is 4.02. The Labute approximate surface area is 77.0 Å². The summed E-state index contributed by atoms with van der Waals surface area (Å²) in [5.74, 6) is 0.491. The van der Waals surface area contributed by atoms with Crippen LogP contribution in [0.1, 0.15) is 18.2 Å². The van der Waals surface area contributed by atoms with Gasteiger partial charge in [0.2, 0.25) is 0 Å². The number of esters is 1. The number of carbonyl (C=O) groups excluding carboxylic acids is 1. The molecule has 0 aliphatic heterocycles. The van der Waals surface area contributed by atoms with Gasteiger partial charge >= 0.3 is 5.97 Å².